The van der Waals surface area contributed by atoms with Crippen molar-refractivity contribution < 1.29 is 13.6 Å². The molecular formula is C35H58O3Si2. The van der Waals surface area contributed by atoms with Crippen molar-refractivity contribution in [2.45, 2.75) is 144 Å². The topological polar surface area (TPSA) is 35.5 Å². The molecule has 0 bridgehead atoms. The fourth-order valence-electron chi connectivity index (χ4n) is 4.75. The maximum absolute atomic E-state index is 14.5. The molecule has 0 aliphatic rings. The molecule has 2 aromatic carbocycles. The molecule has 2 rings (SSSR count). The number of ketones is 1. The van der Waals surface area contributed by atoms with Gasteiger partial charge in [0.05, 0.1) is 0 Å². The highest BCUT2D eigenvalue weighted by molar-refractivity contribution is 6.70. The van der Waals surface area contributed by atoms with Gasteiger partial charge < -0.3 is 8.85 Å². The summed E-state index contributed by atoms with van der Waals surface area (Å²) in [7, 11) is -3.81. The minimum Gasteiger partial charge on any atom is -0.544 e. The van der Waals surface area contributed by atoms with E-state index in [2.05, 4.69) is 147 Å². The van der Waals surface area contributed by atoms with E-state index < -0.39 is 16.6 Å². The maximum atomic E-state index is 14.5. The summed E-state index contributed by atoms with van der Waals surface area (Å²) in [5.41, 5.74) is 5.07. The lowest BCUT2D eigenvalue weighted by atomic mass is 9.76. The van der Waals surface area contributed by atoms with E-state index in [4.69, 9.17) is 8.85 Å². The molecule has 0 unspecified atom stereocenters. The van der Waals surface area contributed by atoms with Gasteiger partial charge in [-0.25, -0.2) is 0 Å². The average molecular weight is 583 g/mol. The molecule has 0 saturated carbocycles. The van der Waals surface area contributed by atoms with Crippen molar-refractivity contribution in [2.24, 2.45) is 0 Å². The Kier molecular flexibility index (Phi) is 9.24. The van der Waals surface area contributed by atoms with Crippen LogP contribution in [-0.4, -0.2) is 22.4 Å². The first-order chi connectivity index (χ1) is 17.5. The fourth-order valence-corrected chi connectivity index (χ4v) is 6.41. The normalized spacial score (nSPS) is 13.8. The van der Waals surface area contributed by atoms with Gasteiger partial charge in [-0.1, -0.05) is 83.1 Å². The van der Waals surface area contributed by atoms with E-state index in [1.54, 1.807) is 0 Å². The van der Waals surface area contributed by atoms with Crippen LogP contribution in [0.15, 0.2) is 24.3 Å². The van der Waals surface area contributed by atoms with E-state index >= 15 is 0 Å². The van der Waals surface area contributed by atoms with E-state index in [0.29, 0.717) is 0 Å². The largest absolute Gasteiger partial charge is 0.544 e. The molecule has 0 amide bonds. The van der Waals surface area contributed by atoms with Gasteiger partial charge in [0.1, 0.15) is 11.5 Å². The van der Waals surface area contributed by atoms with Crippen LogP contribution in [0.5, 0.6) is 11.5 Å². The van der Waals surface area contributed by atoms with E-state index in [1.165, 1.54) is 0 Å². The lowest BCUT2D eigenvalue weighted by molar-refractivity contribution is 0.103. The molecule has 0 radical (unpaired) electrons. The summed E-state index contributed by atoms with van der Waals surface area (Å²) in [6, 6.07) is 8.36. The Bertz CT molecular complexity index is 1080. The highest BCUT2D eigenvalue weighted by atomic mass is 28.4. The van der Waals surface area contributed by atoms with Crippen LogP contribution < -0.4 is 8.85 Å². The second-order valence-corrected chi connectivity index (χ2v) is 26.4. The van der Waals surface area contributed by atoms with E-state index in [9.17, 15) is 4.79 Å². The van der Waals surface area contributed by atoms with Crippen LogP contribution in [0.2, 0.25) is 39.3 Å². The molecule has 5 heteroatoms. The second kappa shape index (κ2) is 10.8. The Balaban J connectivity index is 2.99. The van der Waals surface area contributed by atoms with Crippen molar-refractivity contribution in [3.05, 3.63) is 57.6 Å². The summed E-state index contributed by atoms with van der Waals surface area (Å²) in [6.07, 6.45) is 0. The van der Waals surface area contributed by atoms with Crippen molar-refractivity contribution >= 4 is 22.4 Å². The lowest BCUT2D eigenvalue weighted by Crippen LogP contribution is -2.33. The molecule has 0 atom stereocenters. The predicted molar refractivity (Wildman–Crippen MR) is 179 cm³/mol. The number of hydrogen-bond acceptors (Lipinski definition) is 3. The Hall–Kier alpha value is -1.86. The summed E-state index contributed by atoms with van der Waals surface area (Å²) in [4.78, 5) is 14.5. The zero-order valence-electron chi connectivity index (χ0n) is 29.0. The van der Waals surface area contributed by atoms with E-state index in [1.807, 2.05) is 0 Å². The van der Waals surface area contributed by atoms with Gasteiger partial charge in [0.25, 0.3) is 0 Å². The summed E-state index contributed by atoms with van der Waals surface area (Å²) < 4.78 is 13.5. The lowest BCUT2D eigenvalue weighted by Gasteiger charge is -2.34. The van der Waals surface area contributed by atoms with Gasteiger partial charge in [-0.05, 0) is 107 Å². The molecule has 0 aliphatic heterocycles. The average Bonchev–Trinajstić information content (AvgIpc) is 2.67. The number of carbonyl (C=O) groups excluding carboxylic acids is 1. The van der Waals surface area contributed by atoms with Crippen molar-refractivity contribution in [3.63, 3.8) is 0 Å². The SMILES string of the molecule is CC(C)(C)c1cc(C(=O)c2cc(C(C)(C)C)c(O[Si](C)(C)C)c(C(C)(C)C)c2)cc(C(C)(C)C)c1O[Si](C)(C)C. The van der Waals surface area contributed by atoms with E-state index in [-0.39, 0.29) is 27.4 Å². The van der Waals surface area contributed by atoms with Crippen LogP contribution in [0.3, 0.4) is 0 Å². The van der Waals surface area contributed by atoms with Gasteiger partial charge in [0, 0.05) is 11.1 Å². The van der Waals surface area contributed by atoms with Crippen LogP contribution >= 0.6 is 0 Å². The van der Waals surface area contributed by atoms with Crippen LogP contribution in [0.1, 0.15) is 121 Å². The number of carbonyl (C=O) groups is 1. The Morgan fingerprint density at radius 1 is 0.475 bits per heavy atom. The van der Waals surface area contributed by atoms with Crippen LogP contribution in [0.4, 0.5) is 0 Å². The first-order valence-electron chi connectivity index (χ1n) is 14.8. The minimum atomic E-state index is -1.91. The highest BCUT2D eigenvalue weighted by Gasteiger charge is 2.34. The van der Waals surface area contributed by atoms with Gasteiger partial charge in [-0.2, -0.15) is 0 Å². The summed E-state index contributed by atoms with van der Waals surface area (Å²) in [6.45, 7) is 39.8. The van der Waals surface area contributed by atoms with E-state index in [0.717, 1.165) is 44.9 Å². The first-order valence-corrected chi connectivity index (χ1v) is 21.6. The highest BCUT2D eigenvalue weighted by Crippen LogP contribution is 2.44. The summed E-state index contributed by atoms with van der Waals surface area (Å²) >= 11 is 0. The molecular weight excluding hydrogens is 525 g/mol. The van der Waals surface area contributed by atoms with Gasteiger partial charge in [-0.3, -0.25) is 4.79 Å². The molecule has 40 heavy (non-hydrogen) atoms. The number of hydrogen-bond donors (Lipinski definition) is 0. The fraction of sp³-hybridized carbons (Fsp3) is 0.629. The Morgan fingerprint density at radius 2 is 0.675 bits per heavy atom. The zero-order chi connectivity index (χ0) is 31.4. The first kappa shape index (κ1) is 34.3. The molecule has 0 spiro atoms. The monoisotopic (exact) mass is 582 g/mol. The van der Waals surface area contributed by atoms with Crippen molar-refractivity contribution in [3.8, 4) is 11.5 Å². The standard InChI is InChI=1S/C35H58O3Si2/c1-32(2,3)25-19-23(20-26(33(4,5)6)30(25)37-39(13,14)15)29(36)24-21-27(34(7,8)9)31(38-40(16,17)18)28(22-24)35(10,11)12/h19-22H,1-18H3. The third-order valence-electron chi connectivity index (χ3n) is 6.75. The van der Waals surface area contributed by atoms with Crippen molar-refractivity contribution in [1.29, 1.82) is 0 Å². The molecule has 0 saturated heterocycles. The Morgan fingerprint density at radius 3 is 0.825 bits per heavy atom. The van der Waals surface area contributed by atoms with Gasteiger partial charge in [-0.15, -0.1) is 0 Å². The van der Waals surface area contributed by atoms with Gasteiger partial charge in [0.2, 0.25) is 16.6 Å². The molecule has 0 heterocycles. The number of rotatable bonds is 6. The number of benzene rings is 2. The van der Waals surface area contributed by atoms with Crippen LogP contribution in [0, 0.1) is 0 Å². The molecule has 2 aromatic rings. The molecule has 3 nitrogen and oxygen atoms in total. The minimum absolute atomic E-state index is 0.0473. The van der Waals surface area contributed by atoms with Gasteiger partial charge in [0.15, 0.2) is 5.78 Å². The van der Waals surface area contributed by atoms with Crippen molar-refractivity contribution in [2.75, 3.05) is 0 Å². The molecule has 0 fully saturated rings. The third kappa shape index (κ3) is 8.58. The maximum Gasteiger partial charge on any atom is 0.242 e. The molecule has 0 N–H and O–H groups in total. The Labute approximate surface area is 248 Å². The quantitative estimate of drug-likeness (QED) is 0.251. The second-order valence-electron chi connectivity index (χ2n) is 17.6. The zero-order valence-corrected chi connectivity index (χ0v) is 31.0. The van der Waals surface area contributed by atoms with Crippen LogP contribution in [0.25, 0.3) is 0 Å². The van der Waals surface area contributed by atoms with Crippen molar-refractivity contribution in [1.82, 2.24) is 0 Å². The predicted octanol–water partition coefficient (Wildman–Crippen LogP) is 10.5. The third-order valence-corrected chi connectivity index (χ3v) is 8.38. The molecule has 0 aromatic heterocycles. The van der Waals surface area contributed by atoms with Gasteiger partial charge >= 0.3 is 0 Å². The summed E-state index contributed by atoms with van der Waals surface area (Å²) in [5.74, 6) is 1.96. The summed E-state index contributed by atoms with van der Waals surface area (Å²) in [5, 5.41) is 0. The van der Waals surface area contributed by atoms with Crippen LogP contribution in [-0.2, 0) is 21.7 Å². The smallest absolute Gasteiger partial charge is 0.242 e. The molecule has 0 aliphatic carbocycles. The molecule has 224 valence electrons.